The summed E-state index contributed by atoms with van der Waals surface area (Å²) in [5, 5.41) is 6.06. The van der Waals surface area contributed by atoms with E-state index in [-0.39, 0.29) is 49.2 Å². The molecule has 0 saturated carbocycles. The number of hydrogen-bond acceptors (Lipinski definition) is 12. The first kappa shape index (κ1) is 24.4. The van der Waals surface area contributed by atoms with Gasteiger partial charge in [-0.05, 0) is 29.3 Å². The lowest BCUT2D eigenvalue weighted by Crippen LogP contribution is -2.09. The minimum atomic E-state index is 0.0420. The van der Waals surface area contributed by atoms with Gasteiger partial charge in [-0.3, -0.25) is 0 Å². The zero-order valence-corrected chi connectivity index (χ0v) is 20.3. The summed E-state index contributed by atoms with van der Waals surface area (Å²) in [6, 6.07) is 14.8. The van der Waals surface area contributed by atoms with Crippen molar-refractivity contribution in [3.8, 4) is 35.5 Å². The predicted octanol–water partition coefficient (Wildman–Crippen LogP) is 4.31. The molecule has 4 aromatic rings. The summed E-state index contributed by atoms with van der Waals surface area (Å²) in [4.78, 5) is 25.9. The van der Waals surface area contributed by atoms with Crippen LogP contribution in [0.4, 0.5) is 11.9 Å². The van der Waals surface area contributed by atoms with Crippen molar-refractivity contribution in [2.45, 2.75) is 13.2 Å². The van der Waals surface area contributed by atoms with Gasteiger partial charge in [0.05, 0.1) is 0 Å². The molecular weight excluding hydrogens is 488 g/mol. The molecule has 2 aromatic carbocycles. The summed E-state index contributed by atoms with van der Waals surface area (Å²) in [5.41, 5.74) is 1.77. The van der Waals surface area contributed by atoms with E-state index in [1.54, 1.807) is 36.4 Å². The Kier molecular flexibility index (Phi) is 7.49. The van der Waals surface area contributed by atoms with Gasteiger partial charge in [0.25, 0.3) is 0 Å². The maximum atomic E-state index is 5.91. The van der Waals surface area contributed by atoms with Crippen LogP contribution in [0.3, 0.4) is 0 Å². The number of rotatable bonds is 6. The van der Waals surface area contributed by atoms with E-state index in [0.29, 0.717) is 24.6 Å². The Balaban J connectivity index is 1.53. The molecule has 12 heteroatoms. The Labute approximate surface area is 218 Å². The van der Waals surface area contributed by atoms with E-state index in [4.69, 9.17) is 18.9 Å². The topological polar surface area (TPSA) is 138 Å². The SMILES string of the molecule is C=CCNc1nc2nc(n1)Oc1cccc(c1)Oc1nc(NCC=C)nc(n1)OCc1cccc(c1)CO2. The third-order valence-electron chi connectivity index (χ3n) is 4.95. The third kappa shape index (κ3) is 6.49. The van der Waals surface area contributed by atoms with Crippen LogP contribution in [0.5, 0.6) is 35.5 Å². The fraction of sp³-hybridized carbons (Fsp3) is 0.154. The molecule has 1 aliphatic rings. The molecule has 0 atom stereocenters. The number of ether oxygens (including phenoxy) is 4. The van der Waals surface area contributed by atoms with Gasteiger partial charge in [0, 0.05) is 19.2 Å². The highest BCUT2D eigenvalue weighted by Crippen LogP contribution is 2.28. The van der Waals surface area contributed by atoms with Crippen molar-refractivity contribution >= 4 is 11.9 Å². The van der Waals surface area contributed by atoms with Crippen LogP contribution in [0.2, 0.25) is 0 Å². The Bertz CT molecular complexity index is 1350. The Morgan fingerprint density at radius 3 is 1.61 bits per heavy atom. The second kappa shape index (κ2) is 11.6. The van der Waals surface area contributed by atoms with Crippen molar-refractivity contribution in [2.24, 2.45) is 0 Å². The summed E-state index contributed by atoms with van der Waals surface area (Å²) in [7, 11) is 0. The van der Waals surface area contributed by atoms with Crippen molar-refractivity contribution in [2.75, 3.05) is 23.7 Å². The molecule has 0 fully saturated rings. The van der Waals surface area contributed by atoms with Gasteiger partial charge in [-0.15, -0.1) is 23.1 Å². The summed E-state index contributed by atoms with van der Waals surface area (Å²) < 4.78 is 23.6. The first-order chi connectivity index (χ1) is 18.7. The third-order valence-corrected chi connectivity index (χ3v) is 4.95. The van der Waals surface area contributed by atoms with Gasteiger partial charge >= 0.3 is 24.0 Å². The van der Waals surface area contributed by atoms with Gasteiger partial charge in [0.15, 0.2) is 0 Å². The lowest BCUT2D eigenvalue weighted by Gasteiger charge is -2.12. The highest BCUT2D eigenvalue weighted by Gasteiger charge is 2.14. The molecule has 0 spiro atoms. The summed E-state index contributed by atoms with van der Waals surface area (Å²) in [6.07, 6.45) is 3.38. The Morgan fingerprint density at radius 1 is 0.632 bits per heavy atom. The summed E-state index contributed by atoms with van der Waals surface area (Å²) in [5.74, 6) is 1.40. The number of nitrogens with zero attached hydrogens (tertiary/aromatic N) is 6. The second-order valence-electron chi connectivity index (χ2n) is 7.86. The minimum Gasteiger partial charge on any atom is -0.458 e. The first-order valence-electron chi connectivity index (χ1n) is 11.7. The smallest absolute Gasteiger partial charge is 0.330 e. The van der Waals surface area contributed by atoms with E-state index >= 15 is 0 Å². The standard InChI is InChI=1S/C26H24N8O4/c1-3-11-27-21-29-23-33-25(31-21)37-19-9-6-10-20(14-19)38-26-32-22(28-12-4-2)30-24(34-26)36-16-18-8-5-7-17(13-18)15-35-23/h3-10,13-14H,1-2,11-12,15-16H2,(H,27,29,31,33)(H,28,30,32,34). The number of nitrogens with one attached hydrogen (secondary N) is 2. The van der Waals surface area contributed by atoms with Gasteiger partial charge in [0.1, 0.15) is 24.7 Å². The van der Waals surface area contributed by atoms with Crippen LogP contribution in [0.25, 0.3) is 0 Å². The summed E-state index contributed by atoms with van der Waals surface area (Å²) in [6.45, 7) is 8.74. The Hall–Kier alpha value is -5.26. The molecule has 5 rings (SSSR count). The lowest BCUT2D eigenvalue weighted by molar-refractivity contribution is 0.268. The highest BCUT2D eigenvalue weighted by molar-refractivity contribution is 5.38. The molecule has 0 unspecified atom stereocenters. The van der Waals surface area contributed by atoms with E-state index in [0.717, 1.165) is 11.1 Å². The fourth-order valence-electron chi connectivity index (χ4n) is 3.30. The maximum Gasteiger partial charge on any atom is 0.330 e. The van der Waals surface area contributed by atoms with Crippen LogP contribution in [0.15, 0.2) is 73.8 Å². The molecule has 0 radical (unpaired) electrons. The van der Waals surface area contributed by atoms with Crippen molar-refractivity contribution < 1.29 is 18.9 Å². The zero-order valence-electron chi connectivity index (χ0n) is 20.3. The monoisotopic (exact) mass is 512 g/mol. The first-order valence-corrected chi connectivity index (χ1v) is 11.7. The van der Waals surface area contributed by atoms with Gasteiger partial charge in [-0.1, -0.05) is 36.4 Å². The molecule has 192 valence electrons. The molecule has 2 N–H and O–H groups in total. The number of anilines is 2. The molecule has 3 heterocycles. The number of fused-ring (bicyclic) bond motifs is 8. The molecule has 1 aliphatic heterocycles. The van der Waals surface area contributed by atoms with Gasteiger partial charge in [-0.25, -0.2) is 0 Å². The molecule has 0 amide bonds. The van der Waals surface area contributed by atoms with Crippen LogP contribution in [0, 0.1) is 0 Å². The van der Waals surface area contributed by atoms with Crippen LogP contribution >= 0.6 is 0 Å². The average Bonchev–Trinajstić information content (AvgIpc) is 2.93. The predicted molar refractivity (Wildman–Crippen MR) is 139 cm³/mol. The molecule has 2 aromatic heterocycles. The van der Waals surface area contributed by atoms with Crippen molar-refractivity contribution in [3.05, 3.63) is 85.0 Å². The molecule has 0 saturated heterocycles. The highest BCUT2D eigenvalue weighted by atomic mass is 16.5. The van der Waals surface area contributed by atoms with E-state index in [9.17, 15) is 0 Å². The summed E-state index contributed by atoms with van der Waals surface area (Å²) >= 11 is 0. The minimum absolute atomic E-state index is 0.0420. The zero-order chi connectivity index (χ0) is 26.2. The number of aromatic nitrogens is 6. The van der Waals surface area contributed by atoms with E-state index in [1.807, 2.05) is 24.3 Å². The van der Waals surface area contributed by atoms with Crippen LogP contribution in [-0.4, -0.2) is 43.0 Å². The van der Waals surface area contributed by atoms with Crippen LogP contribution in [-0.2, 0) is 13.2 Å². The van der Waals surface area contributed by atoms with Crippen LogP contribution < -0.4 is 29.6 Å². The fourth-order valence-corrected chi connectivity index (χ4v) is 3.30. The van der Waals surface area contributed by atoms with E-state index in [2.05, 4.69) is 53.7 Å². The van der Waals surface area contributed by atoms with Crippen LogP contribution in [0.1, 0.15) is 11.1 Å². The molecule has 0 aliphatic carbocycles. The van der Waals surface area contributed by atoms with Gasteiger partial charge in [-0.2, -0.15) is 19.9 Å². The molecular formula is C26H24N8O4. The molecule has 38 heavy (non-hydrogen) atoms. The largest absolute Gasteiger partial charge is 0.458 e. The van der Waals surface area contributed by atoms with Crippen molar-refractivity contribution in [3.63, 3.8) is 0 Å². The van der Waals surface area contributed by atoms with E-state index in [1.165, 1.54) is 0 Å². The Morgan fingerprint density at radius 2 is 1.11 bits per heavy atom. The average molecular weight is 513 g/mol. The quantitative estimate of drug-likeness (QED) is 0.356. The number of hydrogen-bond donors (Lipinski definition) is 2. The normalized spacial score (nSPS) is 12.2. The van der Waals surface area contributed by atoms with Crippen molar-refractivity contribution in [1.82, 2.24) is 29.9 Å². The van der Waals surface area contributed by atoms with Gasteiger partial charge in [0.2, 0.25) is 11.9 Å². The maximum absolute atomic E-state index is 5.91. The second-order valence-corrected chi connectivity index (χ2v) is 7.86. The molecule has 8 bridgehead atoms. The van der Waals surface area contributed by atoms with E-state index < -0.39 is 0 Å². The lowest BCUT2D eigenvalue weighted by atomic mass is 10.1. The van der Waals surface area contributed by atoms with Gasteiger partial charge < -0.3 is 29.6 Å². The van der Waals surface area contributed by atoms with Crippen molar-refractivity contribution in [1.29, 1.82) is 0 Å². The molecule has 12 nitrogen and oxygen atoms in total. The number of benzene rings is 2.